The second kappa shape index (κ2) is 10.7. The van der Waals surface area contributed by atoms with E-state index in [0.717, 1.165) is 0 Å². The summed E-state index contributed by atoms with van der Waals surface area (Å²) < 4.78 is 22.5. The molecule has 2 aliphatic heterocycles. The van der Waals surface area contributed by atoms with E-state index in [0.29, 0.717) is 45.3 Å². The molecule has 0 spiro atoms. The maximum Gasteiger partial charge on any atom is 0.255 e. The third-order valence-electron chi connectivity index (χ3n) is 10.6. The number of carbonyl (C=O) groups is 3. The largest absolute Gasteiger partial charge is 0.508 e. The molecule has 2 heterocycles. The summed E-state index contributed by atoms with van der Waals surface area (Å²) in [6.07, 6.45) is -1.75. The Morgan fingerprint density at radius 3 is 2.34 bits per heavy atom. The van der Waals surface area contributed by atoms with Crippen molar-refractivity contribution in [1.82, 2.24) is 4.90 Å². The van der Waals surface area contributed by atoms with Gasteiger partial charge in [-0.1, -0.05) is 25.1 Å². The summed E-state index contributed by atoms with van der Waals surface area (Å²) in [5.41, 5.74) is 2.78. The van der Waals surface area contributed by atoms with Gasteiger partial charge in [-0.2, -0.15) is 0 Å². The zero-order valence-corrected chi connectivity index (χ0v) is 27.0. The summed E-state index contributed by atoms with van der Waals surface area (Å²) in [7, 11) is 2.91. The lowest BCUT2D eigenvalue weighted by Crippen LogP contribution is -2.70. The van der Waals surface area contributed by atoms with E-state index in [1.807, 2.05) is 0 Å². The number of hydrogen-bond donors (Lipinski definition) is 6. The van der Waals surface area contributed by atoms with E-state index in [9.17, 15) is 39.9 Å². The molecule has 0 aromatic heterocycles. The zero-order valence-electron chi connectivity index (χ0n) is 27.0. The molecule has 0 bridgehead atoms. The van der Waals surface area contributed by atoms with Crippen LogP contribution < -0.4 is 24.7 Å². The second-order valence-electron chi connectivity index (χ2n) is 13.3. The highest BCUT2D eigenvalue weighted by Gasteiger charge is 2.68. The predicted octanol–water partition coefficient (Wildman–Crippen LogP) is 2.29. The van der Waals surface area contributed by atoms with Crippen molar-refractivity contribution >= 4 is 23.2 Å². The molecule has 8 rings (SSSR count). The van der Waals surface area contributed by atoms with Gasteiger partial charge < -0.3 is 50.2 Å². The molecular weight excluding hydrogens is 652 g/mol. The number of ketones is 2. The number of nitrogens with zero attached hydrogens (tertiary/aromatic N) is 1. The highest BCUT2D eigenvalue weighted by molar-refractivity contribution is 6.24. The minimum atomic E-state index is -3.04. The van der Waals surface area contributed by atoms with Gasteiger partial charge in [0.2, 0.25) is 19.4 Å². The number of primary amides is 1. The molecule has 14 heteroatoms. The van der Waals surface area contributed by atoms with Crippen LogP contribution in [0.15, 0.2) is 59.4 Å². The molecule has 1 amide bonds. The van der Waals surface area contributed by atoms with Gasteiger partial charge in [0, 0.05) is 22.6 Å². The maximum atomic E-state index is 14.6. The molecule has 3 aromatic rings. The van der Waals surface area contributed by atoms with Crippen LogP contribution >= 0.6 is 0 Å². The number of phenolic OH excluding ortho intramolecular Hbond substituents is 1. The number of para-hydroxylation sites is 1. The number of phenols is 1. The Balaban J connectivity index is 1.43. The first-order valence-electron chi connectivity index (χ1n) is 15.8. The lowest BCUT2D eigenvalue weighted by molar-refractivity contribution is -0.169. The van der Waals surface area contributed by atoms with Gasteiger partial charge in [-0.25, -0.2) is 0 Å². The zero-order chi connectivity index (χ0) is 35.5. The van der Waals surface area contributed by atoms with Gasteiger partial charge in [-0.3, -0.25) is 19.3 Å². The van der Waals surface area contributed by atoms with Gasteiger partial charge in [0.1, 0.15) is 22.8 Å². The summed E-state index contributed by atoms with van der Waals surface area (Å²) in [4.78, 5) is 41.9. The van der Waals surface area contributed by atoms with E-state index in [4.69, 9.17) is 24.7 Å². The first-order chi connectivity index (χ1) is 23.8. The molecule has 258 valence electrons. The minimum absolute atomic E-state index is 0.0136. The minimum Gasteiger partial charge on any atom is -0.508 e. The maximum absolute atomic E-state index is 14.6. The Labute approximate surface area is 284 Å². The fraction of sp³-hybridized carbons (Fsp3) is 0.306. The van der Waals surface area contributed by atoms with Crippen LogP contribution in [-0.2, 0) is 14.4 Å². The number of rotatable bonds is 4. The monoisotopic (exact) mass is 684 g/mol. The van der Waals surface area contributed by atoms with Gasteiger partial charge in [0.05, 0.1) is 23.6 Å². The summed E-state index contributed by atoms with van der Waals surface area (Å²) in [6, 6.07) is 10.5. The molecule has 6 atom stereocenters. The molecule has 5 aliphatic rings. The normalized spacial score (nSPS) is 27.8. The summed E-state index contributed by atoms with van der Waals surface area (Å²) in [5, 5.41) is 59.7. The van der Waals surface area contributed by atoms with Crippen LogP contribution in [0, 0.1) is 11.8 Å². The first-order valence-corrected chi connectivity index (χ1v) is 15.8. The molecule has 14 nitrogen and oxygen atoms in total. The molecule has 1 saturated carbocycles. The van der Waals surface area contributed by atoms with Gasteiger partial charge >= 0.3 is 0 Å². The molecule has 0 radical (unpaired) electrons. The molecule has 3 aliphatic carbocycles. The molecule has 50 heavy (non-hydrogen) atoms. The van der Waals surface area contributed by atoms with Crippen molar-refractivity contribution in [3.05, 3.63) is 70.5 Å². The Morgan fingerprint density at radius 2 is 1.62 bits per heavy atom. The van der Waals surface area contributed by atoms with Gasteiger partial charge in [-0.15, -0.1) is 0 Å². The topological polar surface area (TPSA) is 219 Å². The number of hydrogen-bond acceptors (Lipinski definition) is 13. The Bertz CT molecular complexity index is 2140. The van der Waals surface area contributed by atoms with Crippen LogP contribution in [-0.4, -0.2) is 93.3 Å². The van der Waals surface area contributed by atoms with Crippen LogP contribution in [0.4, 0.5) is 0 Å². The fourth-order valence-corrected chi connectivity index (χ4v) is 8.42. The van der Waals surface area contributed by atoms with Gasteiger partial charge in [0.15, 0.2) is 34.4 Å². The number of ether oxygens (including phenoxy) is 4. The average molecular weight is 685 g/mol. The smallest absolute Gasteiger partial charge is 0.255 e. The van der Waals surface area contributed by atoms with Crippen molar-refractivity contribution in [3.8, 4) is 51.0 Å². The highest BCUT2D eigenvalue weighted by atomic mass is 16.7. The van der Waals surface area contributed by atoms with Gasteiger partial charge in [-0.05, 0) is 61.0 Å². The summed E-state index contributed by atoms with van der Waals surface area (Å²) in [6.45, 7) is 1.64. The van der Waals surface area contributed by atoms with E-state index in [1.165, 1.54) is 19.0 Å². The Kier molecular flexibility index (Phi) is 6.79. The predicted molar refractivity (Wildman–Crippen MR) is 173 cm³/mol. The molecule has 7 N–H and O–H groups in total. The van der Waals surface area contributed by atoms with E-state index in [2.05, 4.69) is 0 Å². The lowest BCUT2D eigenvalue weighted by atomic mass is 9.54. The number of likely N-dealkylation sites (N-methyl/N-ethyl adjacent to an activating group) is 1. The number of nitrogens with two attached hydrogens (primary N) is 1. The Hall–Kier alpha value is -5.57. The molecule has 3 aromatic carbocycles. The third-order valence-corrected chi connectivity index (χ3v) is 10.6. The van der Waals surface area contributed by atoms with Crippen molar-refractivity contribution in [1.29, 1.82) is 0 Å². The van der Waals surface area contributed by atoms with Crippen LogP contribution in [0.25, 0.3) is 28.0 Å². The van der Waals surface area contributed by atoms with Crippen LogP contribution in [0.2, 0.25) is 0 Å². The molecule has 1 fully saturated rings. The fourth-order valence-electron chi connectivity index (χ4n) is 8.42. The third kappa shape index (κ3) is 3.97. The van der Waals surface area contributed by atoms with Crippen LogP contribution in [0.3, 0.4) is 0 Å². The number of Topliss-reactive ketones (excluding diaryl/α,β-unsaturated/α-hetero) is 2. The number of aliphatic hydroxyl groups excluding tert-OH is 3. The number of fused-ring (bicyclic) bond motifs is 5. The Morgan fingerprint density at radius 1 is 0.920 bits per heavy atom. The van der Waals surface area contributed by atoms with Crippen molar-refractivity contribution in [3.63, 3.8) is 0 Å². The average Bonchev–Trinajstić information content (AvgIpc) is 3.76. The van der Waals surface area contributed by atoms with E-state index < -0.39 is 81.4 Å². The van der Waals surface area contributed by atoms with Crippen LogP contribution in [0.5, 0.6) is 28.7 Å². The second-order valence-corrected chi connectivity index (χ2v) is 13.3. The SMILES string of the molecule is CC1c2c(-c3ccc4c(c3)OCO4)cc(-c3cccc4c3OCO4)c(O)c2C(O)=C2C(=O)C3(O)C(O)=C(C(N)=O)C(=O)C(N(C)C)C3C(O)C21. The quantitative estimate of drug-likeness (QED) is 0.218. The van der Waals surface area contributed by atoms with E-state index in [-0.39, 0.29) is 24.7 Å². The standard InChI is InChI=1S/C36H32N2O12/c1-13-21-16(14-7-8-18-20(9-14)49-11-47-18)10-17(15-5-4-6-19-32(15)50-12-48-19)28(39)23(21)29(40)24-22(13)30(41)26-27(38(2)3)31(42)25(35(37)45)34(44)36(26,46)33(24)43/h4-10,13,22,26-27,30,39-41,44,46H,11-12H2,1-3H3,(H2,37,45). The number of amides is 1. The van der Waals surface area contributed by atoms with Crippen LogP contribution in [0.1, 0.15) is 24.0 Å². The molecule has 0 saturated heterocycles. The van der Waals surface area contributed by atoms with Crippen molar-refractivity contribution in [2.24, 2.45) is 17.6 Å². The number of aliphatic hydroxyl groups is 4. The van der Waals surface area contributed by atoms with E-state index >= 15 is 0 Å². The summed E-state index contributed by atoms with van der Waals surface area (Å²) in [5.74, 6) is -8.20. The van der Waals surface area contributed by atoms with Crippen molar-refractivity contribution in [2.75, 3.05) is 27.7 Å². The van der Waals surface area contributed by atoms with Crippen molar-refractivity contribution < 1.29 is 58.9 Å². The van der Waals surface area contributed by atoms with E-state index in [1.54, 1.807) is 49.4 Å². The highest BCUT2D eigenvalue weighted by Crippen LogP contribution is 2.59. The molecule has 6 unspecified atom stereocenters. The molecular formula is C36H32N2O12. The number of aromatic hydroxyl groups is 1. The van der Waals surface area contributed by atoms with Crippen molar-refractivity contribution in [2.45, 2.75) is 30.6 Å². The number of carbonyl (C=O) groups excluding carboxylic acids is 3. The lowest BCUT2D eigenvalue weighted by Gasteiger charge is -2.54. The summed E-state index contributed by atoms with van der Waals surface area (Å²) >= 11 is 0. The van der Waals surface area contributed by atoms with Gasteiger partial charge in [0.25, 0.3) is 5.91 Å². The first kappa shape index (κ1) is 31.7. The number of benzene rings is 3.